The number of fused-ring (bicyclic) bond motifs is 3. The van der Waals surface area contributed by atoms with Gasteiger partial charge in [0, 0.05) is 19.5 Å². The van der Waals surface area contributed by atoms with E-state index in [1.54, 1.807) is 32.6 Å². The summed E-state index contributed by atoms with van der Waals surface area (Å²) in [6, 6.07) is 1.70. The van der Waals surface area contributed by atoms with Crippen molar-refractivity contribution in [1.82, 2.24) is 34.3 Å². The molecule has 0 amide bonds. The lowest BCUT2D eigenvalue weighted by Crippen LogP contribution is -2.21. The van der Waals surface area contributed by atoms with E-state index in [0.29, 0.717) is 27.5 Å². The SMILES string of the molecule is CCOC(=O)c1c(SC)n[nH]c1-n1ccc2c(cnc3nc(COC)nn32)c1=O. The summed E-state index contributed by atoms with van der Waals surface area (Å²) < 4.78 is 13.0. The van der Waals surface area contributed by atoms with E-state index < -0.39 is 5.97 Å². The van der Waals surface area contributed by atoms with Gasteiger partial charge in [0.25, 0.3) is 11.3 Å². The molecule has 4 heterocycles. The molecule has 0 radical (unpaired) electrons. The summed E-state index contributed by atoms with van der Waals surface area (Å²) in [5.74, 6) is 0.500. The Balaban J connectivity index is 1.91. The zero-order chi connectivity index (χ0) is 20.5. The van der Waals surface area contributed by atoms with Gasteiger partial charge in [-0.25, -0.2) is 9.78 Å². The molecule has 0 aliphatic heterocycles. The highest BCUT2D eigenvalue weighted by atomic mass is 32.2. The van der Waals surface area contributed by atoms with Gasteiger partial charge in [-0.05, 0) is 19.2 Å². The molecule has 0 aliphatic carbocycles. The van der Waals surface area contributed by atoms with Crippen molar-refractivity contribution in [2.45, 2.75) is 18.6 Å². The smallest absolute Gasteiger partial charge is 0.344 e. The van der Waals surface area contributed by atoms with Gasteiger partial charge in [-0.1, -0.05) is 0 Å². The molecule has 0 bridgehead atoms. The van der Waals surface area contributed by atoms with E-state index in [1.165, 1.54) is 27.0 Å². The number of esters is 1. The summed E-state index contributed by atoms with van der Waals surface area (Å²) in [5.41, 5.74) is 0.355. The Morgan fingerprint density at radius 2 is 2.21 bits per heavy atom. The fourth-order valence-electron chi connectivity index (χ4n) is 2.95. The lowest BCUT2D eigenvalue weighted by Gasteiger charge is -2.08. The maximum atomic E-state index is 13.2. The predicted octanol–water partition coefficient (Wildman–Crippen LogP) is 1.20. The molecule has 1 N–H and O–H groups in total. The third-order valence-electron chi connectivity index (χ3n) is 4.18. The minimum atomic E-state index is -0.554. The Kier molecular flexibility index (Phi) is 5.03. The van der Waals surface area contributed by atoms with E-state index in [1.807, 2.05) is 0 Å². The Hall–Kier alpha value is -3.25. The molecule has 0 saturated carbocycles. The van der Waals surface area contributed by atoms with Gasteiger partial charge in [-0.3, -0.25) is 14.5 Å². The standard InChI is InChI=1S/C17H17N7O4S/c1-4-28-16(26)12-13(20-21-14(12)29-3)23-6-5-10-9(15(23)25)7-18-17-19-11(8-27-2)22-24(10)17/h5-7H,4,8H2,1-3H3,(H,20,21). The summed E-state index contributed by atoms with van der Waals surface area (Å²) in [6.07, 6.45) is 4.77. The molecule has 12 heteroatoms. The number of nitrogens with zero attached hydrogens (tertiary/aromatic N) is 6. The number of rotatable bonds is 6. The Morgan fingerprint density at radius 3 is 2.93 bits per heavy atom. The molecule has 4 aromatic heterocycles. The Bertz CT molecular complexity index is 1280. The molecular formula is C17H17N7O4S. The van der Waals surface area contributed by atoms with E-state index in [2.05, 4.69) is 25.3 Å². The summed E-state index contributed by atoms with van der Waals surface area (Å²) in [4.78, 5) is 34.1. The van der Waals surface area contributed by atoms with Gasteiger partial charge >= 0.3 is 5.97 Å². The second-order valence-corrected chi connectivity index (χ2v) is 6.69. The van der Waals surface area contributed by atoms with Crippen molar-refractivity contribution in [3.05, 3.63) is 40.2 Å². The average molecular weight is 415 g/mol. The number of carbonyl (C=O) groups excluding carboxylic acids is 1. The summed E-state index contributed by atoms with van der Waals surface area (Å²) in [6.45, 7) is 2.16. The number of thioether (sulfide) groups is 1. The number of aromatic amines is 1. The summed E-state index contributed by atoms with van der Waals surface area (Å²) in [7, 11) is 1.55. The predicted molar refractivity (Wildman–Crippen MR) is 104 cm³/mol. The van der Waals surface area contributed by atoms with Gasteiger partial charge in [-0.2, -0.15) is 14.6 Å². The third kappa shape index (κ3) is 3.15. The van der Waals surface area contributed by atoms with Gasteiger partial charge in [0.2, 0.25) is 0 Å². The van der Waals surface area contributed by atoms with Crippen molar-refractivity contribution >= 4 is 34.4 Å². The van der Waals surface area contributed by atoms with Crippen LogP contribution < -0.4 is 5.56 Å². The highest BCUT2D eigenvalue weighted by molar-refractivity contribution is 7.98. The van der Waals surface area contributed by atoms with Crippen LogP contribution >= 0.6 is 11.8 Å². The summed E-state index contributed by atoms with van der Waals surface area (Å²) >= 11 is 1.28. The third-order valence-corrected chi connectivity index (χ3v) is 4.86. The normalized spacial score (nSPS) is 11.4. The number of nitrogens with one attached hydrogen (secondary N) is 1. The van der Waals surface area contributed by atoms with Gasteiger partial charge in [0.1, 0.15) is 17.2 Å². The van der Waals surface area contributed by atoms with Crippen LogP contribution in [0.4, 0.5) is 0 Å². The molecule has 0 atom stereocenters. The van der Waals surface area contributed by atoms with Crippen LogP contribution in [0.25, 0.3) is 22.5 Å². The van der Waals surface area contributed by atoms with Crippen LogP contribution in [0, 0.1) is 0 Å². The number of pyridine rings is 1. The van der Waals surface area contributed by atoms with Crippen LogP contribution in [-0.4, -0.2) is 60.3 Å². The Labute approximate surface area is 168 Å². The van der Waals surface area contributed by atoms with Gasteiger partial charge in [0.15, 0.2) is 11.6 Å². The topological polar surface area (TPSA) is 129 Å². The maximum absolute atomic E-state index is 13.2. The highest BCUT2D eigenvalue weighted by Crippen LogP contribution is 2.24. The van der Waals surface area contributed by atoms with Crippen molar-refractivity contribution in [3.8, 4) is 5.82 Å². The van der Waals surface area contributed by atoms with Gasteiger partial charge < -0.3 is 9.47 Å². The molecule has 0 aromatic carbocycles. The van der Waals surface area contributed by atoms with E-state index in [-0.39, 0.29) is 30.2 Å². The minimum Gasteiger partial charge on any atom is -0.462 e. The molecule has 0 saturated heterocycles. The molecule has 0 fully saturated rings. The second-order valence-electron chi connectivity index (χ2n) is 5.90. The first-order chi connectivity index (χ1) is 14.1. The second kappa shape index (κ2) is 7.64. The highest BCUT2D eigenvalue weighted by Gasteiger charge is 2.24. The van der Waals surface area contributed by atoms with E-state index >= 15 is 0 Å². The zero-order valence-corrected chi connectivity index (χ0v) is 16.7. The first-order valence-electron chi connectivity index (χ1n) is 8.63. The van der Waals surface area contributed by atoms with E-state index in [0.717, 1.165) is 0 Å². The molecular weight excluding hydrogens is 398 g/mol. The number of H-pyrrole nitrogens is 1. The monoisotopic (exact) mass is 415 g/mol. The molecule has 4 aromatic rings. The van der Waals surface area contributed by atoms with Gasteiger partial charge in [0.05, 0.1) is 17.5 Å². The zero-order valence-electron chi connectivity index (χ0n) is 15.9. The van der Waals surface area contributed by atoms with Crippen LogP contribution in [0.3, 0.4) is 0 Å². The van der Waals surface area contributed by atoms with E-state index in [9.17, 15) is 9.59 Å². The fourth-order valence-corrected chi connectivity index (χ4v) is 3.47. The van der Waals surface area contributed by atoms with Crippen LogP contribution in [-0.2, 0) is 16.1 Å². The largest absolute Gasteiger partial charge is 0.462 e. The number of hydrogen-bond acceptors (Lipinski definition) is 9. The first-order valence-corrected chi connectivity index (χ1v) is 9.86. The summed E-state index contributed by atoms with van der Waals surface area (Å²) in [5, 5.41) is 12.0. The number of carbonyl (C=O) groups is 1. The van der Waals surface area contributed by atoms with Crippen molar-refractivity contribution in [3.63, 3.8) is 0 Å². The maximum Gasteiger partial charge on any atom is 0.344 e. The van der Waals surface area contributed by atoms with Crippen LogP contribution in [0.2, 0.25) is 0 Å². The Morgan fingerprint density at radius 1 is 1.38 bits per heavy atom. The fraction of sp³-hybridized carbons (Fsp3) is 0.294. The quantitative estimate of drug-likeness (QED) is 0.365. The molecule has 150 valence electrons. The molecule has 4 rings (SSSR count). The van der Waals surface area contributed by atoms with Crippen LogP contribution in [0.1, 0.15) is 23.1 Å². The average Bonchev–Trinajstić information content (AvgIpc) is 3.32. The molecule has 0 spiro atoms. The number of aromatic nitrogens is 7. The molecule has 11 nitrogen and oxygen atoms in total. The van der Waals surface area contributed by atoms with Crippen molar-refractivity contribution in [1.29, 1.82) is 0 Å². The lowest BCUT2D eigenvalue weighted by atomic mass is 10.3. The van der Waals surface area contributed by atoms with E-state index in [4.69, 9.17) is 9.47 Å². The lowest BCUT2D eigenvalue weighted by molar-refractivity contribution is 0.0522. The van der Waals surface area contributed by atoms with Crippen molar-refractivity contribution in [2.24, 2.45) is 0 Å². The van der Waals surface area contributed by atoms with Crippen LogP contribution in [0.15, 0.2) is 28.3 Å². The first kappa shape index (κ1) is 19.1. The molecule has 0 aliphatic rings. The number of hydrogen-bond donors (Lipinski definition) is 1. The number of methoxy groups -OCH3 is 1. The molecule has 29 heavy (non-hydrogen) atoms. The molecule has 0 unspecified atom stereocenters. The van der Waals surface area contributed by atoms with Crippen molar-refractivity contribution in [2.75, 3.05) is 20.0 Å². The minimum absolute atomic E-state index is 0.206. The van der Waals surface area contributed by atoms with Crippen molar-refractivity contribution < 1.29 is 14.3 Å². The number of ether oxygens (including phenoxy) is 2. The van der Waals surface area contributed by atoms with Crippen LogP contribution in [0.5, 0.6) is 0 Å². The van der Waals surface area contributed by atoms with Gasteiger partial charge in [-0.15, -0.1) is 16.9 Å².